The van der Waals surface area contributed by atoms with Crippen LogP contribution in [0.4, 0.5) is 0 Å². The van der Waals surface area contributed by atoms with Gasteiger partial charge in [0.1, 0.15) is 0 Å². The maximum Gasteiger partial charge on any atom is 0.306 e. The molecule has 1 fully saturated rings. The first-order chi connectivity index (χ1) is 6.59. The number of hydrogen-bond donors (Lipinski definition) is 1. The third-order valence-corrected chi connectivity index (χ3v) is 2.76. The lowest BCUT2D eigenvalue weighted by atomic mass is 9.85. The van der Waals surface area contributed by atoms with Crippen molar-refractivity contribution in [2.75, 3.05) is 13.1 Å². The summed E-state index contributed by atoms with van der Waals surface area (Å²) in [4.78, 5) is 11.4. The first-order valence-electron chi connectivity index (χ1n) is 5.49. The molecular formula is C11H21NO2. The minimum Gasteiger partial charge on any atom is -0.463 e. The lowest BCUT2D eigenvalue weighted by molar-refractivity contribution is -0.149. The second-order valence-electron chi connectivity index (χ2n) is 4.47. The lowest BCUT2D eigenvalue weighted by Gasteiger charge is -2.28. The molecule has 3 nitrogen and oxygen atoms in total. The molecule has 1 aliphatic heterocycles. The molecule has 1 aliphatic rings. The highest BCUT2D eigenvalue weighted by molar-refractivity contribution is 5.69. The Labute approximate surface area is 86.2 Å². The first-order valence-corrected chi connectivity index (χ1v) is 5.49. The Kier molecular flexibility index (Phi) is 4.39. The van der Waals surface area contributed by atoms with Crippen molar-refractivity contribution in [2.24, 2.45) is 11.8 Å². The van der Waals surface area contributed by atoms with Crippen molar-refractivity contribution in [3.63, 3.8) is 0 Å². The van der Waals surface area contributed by atoms with Crippen LogP contribution in [0.1, 0.15) is 33.6 Å². The molecule has 0 aliphatic carbocycles. The zero-order chi connectivity index (χ0) is 10.6. The Balaban J connectivity index is 2.31. The van der Waals surface area contributed by atoms with Gasteiger partial charge in [-0.2, -0.15) is 0 Å². The summed E-state index contributed by atoms with van der Waals surface area (Å²) < 4.78 is 5.14. The quantitative estimate of drug-likeness (QED) is 0.701. The van der Waals surface area contributed by atoms with Crippen molar-refractivity contribution >= 4 is 5.97 Å². The second-order valence-corrected chi connectivity index (χ2v) is 4.47. The van der Waals surface area contributed by atoms with Gasteiger partial charge in [-0.05, 0) is 45.2 Å². The van der Waals surface area contributed by atoms with Gasteiger partial charge in [-0.25, -0.2) is 0 Å². The van der Waals surface area contributed by atoms with Crippen molar-refractivity contribution in [3.8, 4) is 0 Å². The summed E-state index contributed by atoms with van der Waals surface area (Å²) in [6, 6.07) is 0. The first kappa shape index (κ1) is 11.5. The normalized spacial score (nSPS) is 27.7. The number of nitrogens with one attached hydrogen (secondary N) is 1. The summed E-state index contributed by atoms with van der Waals surface area (Å²) in [6.45, 7) is 8.04. The standard InChI is InChI=1S/C11H21NO2/c1-8(2)14-11(13)6-10-4-5-12-7-9(10)3/h8-10,12H,4-7H2,1-3H3/t9?,10-/m0/s1. The van der Waals surface area contributed by atoms with Crippen molar-refractivity contribution in [1.29, 1.82) is 0 Å². The van der Waals surface area contributed by atoms with Crippen LogP contribution in [0.25, 0.3) is 0 Å². The summed E-state index contributed by atoms with van der Waals surface area (Å²) in [5.41, 5.74) is 0. The van der Waals surface area contributed by atoms with E-state index in [0.717, 1.165) is 19.5 Å². The molecule has 1 rings (SSSR count). The molecule has 0 aromatic rings. The van der Waals surface area contributed by atoms with Gasteiger partial charge < -0.3 is 10.1 Å². The summed E-state index contributed by atoms with van der Waals surface area (Å²) in [7, 11) is 0. The van der Waals surface area contributed by atoms with Crippen LogP contribution in [-0.4, -0.2) is 25.2 Å². The average Bonchev–Trinajstić information content (AvgIpc) is 2.07. The van der Waals surface area contributed by atoms with E-state index in [0.29, 0.717) is 18.3 Å². The number of hydrogen-bond acceptors (Lipinski definition) is 3. The van der Waals surface area contributed by atoms with Crippen LogP contribution in [0.2, 0.25) is 0 Å². The highest BCUT2D eigenvalue weighted by atomic mass is 16.5. The van der Waals surface area contributed by atoms with Crippen molar-refractivity contribution < 1.29 is 9.53 Å². The van der Waals surface area contributed by atoms with Gasteiger partial charge in [0.15, 0.2) is 0 Å². The van der Waals surface area contributed by atoms with Gasteiger partial charge >= 0.3 is 5.97 Å². The predicted molar refractivity (Wildman–Crippen MR) is 56.0 cm³/mol. The topological polar surface area (TPSA) is 38.3 Å². The molecular weight excluding hydrogens is 178 g/mol. The van der Waals surface area contributed by atoms with Gasteiger partial charge in [-0.15, -0.1) is 0 Å². The number of ether oxygens (including phenoxy) is 1. The molecule has 0 spiro atoms. The Morgan fingerprint density at radius 1 is 1.57 bits per heavy atom. The van der Waals surface area contributed by atoms with E-state index in [1.165, 1.54) is 0 Å². The Hall–Kier alpha value is -0.570. The zero-order valence-electron chi connectivity index (χ0n) is 9.38. The van der Waals surface area contributed by atoms with Crippen LogP contribution in [0, 0.1) is 11.8 Å². The molecule has 0 saturated carbocycles. The molecule has 0 aromatic heterocycles. The van der Waals surface area contributed by atoms with E-state index in [1.54, 1.807) is 0 Å². The van der Waals surface area contributed by atoms with E-state index in [4.69, 9.17) is 4.74 Å². The molecule has 3 heteroatoms. The molecule has 82 valence electrons. The molecule has 2 atom stereocenters. The molecule has 0 radical (unpaired) electrons. The maximum absolute atomic E-state index is 11.4. The van der Waals surface area contributed by atoms with Gasteiger partial charge in [0.05, 0.1) is 6.10 Å². The van der Waals surface area contributed by atoms with Crippen LogP contribution in [0.3, 0.4) is 0 Å². The second kappa shape index (κ2) is 5.35. The molecule has 0 bridgehead atoms. The number of rotatable bonds is 3. The van der Waals surface area contributed by atoms with Crippen LogP contribution >= 0.6 is 0 Å². The monoisotopic (exact) mass is 199 g/mol. The molecule has 14 heavy (non-hydrogen) atoms. The molecule has 1 saturated heterocycles. The zero-order valence-corrected chi connectivity index (χ0v) is 9.38. The number of esters is 1. The smallest absolute Gasteiger partial charge is 0.306 e. The number of piperidine rings is 1. The van der Waals surface area contributed by atoms with Gasteiger partial charge in [0.2, 0.25) is 0 Å². The fourth-order valence-corrected chi connectivity index (χ4v) is 1.90. The van der Waals surface area contributed by atoms with E-state index >= 15 is 0 Å². The van der Waals surface area contributed by atoms with Crippen LogP contribution < -0.4 is 5.32 Å². The van der Waals surface area contributed by atoms with Gasteiger partial charge in [0.25, 0.3) is 0 Å². The molecule has 1 unspecified atom stereocenters. The van der Waals surface area contributed by atoms with Gasteiger partial charge in [0, 0.05) is 6.42 Å². The Bertz CT molecular complexity index is 192. The van der Waals surface area contributed by atoms with Crippen LogP contribution in [-0.2, 0) is 9.53 Å². The van der Waals surface area contributed by atoms with Crippen LogP contribution in [0.15, 0.2) is 0 Å². The Morgan fingerprint density at radius 3 is 2.86 bits per heavy atom. The lowest BCUT2D eigenvalue weighted by Crippen LogP contribution is -2.36. The van der Waals surface area contributed by atoms with Gasteiger partial charge in [-0.1, -0.05) is 6.92 Å². The fourth-order valence-electron chi connectivity index (χ4n) is 1.90. The highest BCUT2D eigenvalue weighted by Gasteiger charge is 2.24. The summed E-state index contributed by atoms with van der Waals surface area (Å²) in [5, 5.41) is 3.33. The maximum atomic E-state index is 11.4. The van der Waals surface area contributed by atoms with E-state index in [2.05, 4.69) is 12.2 Å². The molecule has 1 N–H and O–H groups in total. The van der Waals surface area contributed by atoms with Crippen LogP contribution in [0.5, 0.6) is 0 Å². The highest BCUT2D eigenvalue weighted by Crippen LogP contribution is 2.22. The summed E-state index contributed by atoms with van der Waals surface area (Å²) in [6.07, 6.45) is 1.69. The molecule has 1 heterocycles. The summed E-state index contributed by atoms with van der Waals surface area (Å²) in [5.74, 6) is 1.05. The SMILES string of the molecule is CC(C)OC(=O)C[C@@H]1CCNCC1C. The van der Waals surface area contributed by atoms with E-state index in [1.807, 2.05) is 13.8 Å². The van der Waals surface area contributed by atoms with E-state index in [-0.39, 0.29) is 12.1 Å². The number of carbonyl (C=O) groups excluding carboxylic acids is 1. The number of carbonyl (C=O) groups is 1. The van der Waals surface area contributed by atoms with E-state index < -0.39 is 0 Å². The fraction of sp³-hybridized carbons (Fsp3) is 0.909. The summed E-state index contributed by atoms with van der Waals surface area (Å²) >= 11 is 0. The minimum absolute atomic E-state index is 0.0134. The molecule has 0 amide bonds. The molecule has 0 aromatic carbocycles. The Morgan fingerprint density at radius 2 is 2.29 bits per heavy atom. The largest absolute Gasteiger partial charge is 0.463 e. The third kappa shape index (κ3) is 3.66. The predicted octanol–water partition coefficient (Wildman–Crippen LogP) is 1.57. The average molecular weight is 199 g/mol. The van der Waals surface area contributed by atoms with Crippen molar-refractivity contribution in [1.82, 2.24) is 5.32 Å². The van der Waals surface area contributed by atoms with Crippen molar-refractivity contribution in [3.05, 3.63) is 0 Å². The van der Waals surface area contributed by atoms with E-state index in [9.17, 15) is 4.79 Å². The minimum atomic E-state index is -0.0428. The third-order valence-electron chi connectivity index (χ3n) is 2.76. The van der Waals surface area contributed by atoms with Gasteiger partial charge in [-0.3, -0.25) is 4.79 Å². The van der Waals surface area contributed by atoms with Crippen molar-refractivity contribution in [2.45, 2.75) is 39.7 Å².